The van der Waals surface area contributed by atoms with E-state index in [4.69, 9.17) is 0 Å². The van der Waals surface area contributed by atoms with Gasteiger partial charge in [-0.1, -0.05) is 19.1 Å². The topological polar surface area (TPSA) is 72.0 Å². The van der Waals surface area contributed by atoms with Crippen LogP contribution in [-0.4, -0.2) is 18.4 Å². The lowest BCUT2D eigenvalue weighted by molar-refractivity contribution is 0.594. The van der Waals surface area contributed by atoms with Gasteiger partial charge in [0.15, 0.2) is 0 Å². The van der Waals surface area contributed by atoms with Crippen molar-refractivity contribution in [3.63, 3.8) is 0 Å². The molecule has 2 aromatic carbocycles. The Morgan fingerprint density at radius 1 is 0.962 bits per heavy atom. The largest absolute Gasteiger partial charge is 0.277 e. The number of hydrogen-bond acceptors (Lipinski definition) is 4. The predicted octanol–water partition coefficient (Wildman–Crippen LogP) is 3.79. The SMILES string of the molecule is CCc1ncc(-c2ccc(S(=O)(=O)Nc3cc(F)ccc3F)cc2)cn1. The Labute approximate surface area is 149 Å². The molecule has 26 heavy (non-hydrogen) atoms. The number of hydrogen-bond donors (Lipinski definition) is 1. The minimum atomic E-state index is -4.05. The molecule has 0 bridgehead atoms. The summed E-state index contributed by atoms with van der Waals surface area (Å²) in [5.41, 5.74) is 1.04. The minimum Gasteiger partial charge on any atom is -0.277 e. The zero-order valence-corrected chi connectivity index (χ0v) is 14.6. The van der Waals surface area contributed by atoms with Gasteiger partial charge in [-0.15, -0.1) is 0 Å². The number of nitrogens with zero attached hydrogens (tertiary/aromatic N) is 2. The van der Waals surface area contributed by atoms with Gasteiger partial charge in [0.05, 0.1) is 10.6 Å². The number of halogens is 2. The maximum atomic E-state index is 13.7. The summed E-state index contributed by atoms with van der Waals surface area (Å²) in [6.07, 6.45) is 4.05. The van der Waals surface area contributed by atoms with Crippen LogP contribution in [0, 0.1) is 11.6 Å². The number of aromatic nitrogens is 2. The number of nitrogens with one attached hydrogen (secondary N) is 1. The van der Waals surface area contributed by atoms with Crippen LogP contribution in [0.3, 0.4) is 0 Å². The van der Waals surface area contributed by atoms with Crippen molar-refractivity contribution in [3.05, 3.63) is 72.3 Å². The van der Waals surface area contributed by atoms with Crippen LogP contribution in [-0.2, 0) is 16.4 Å². The van der Waals surface area contributed by atoms with Crippen molar-refractivity contribution in [3.8, 4) is 11.1 Å². The third-order valence-corrected chi connectivity index (χ3v) is 5.07. The van der Waals surface area contributed by atoms with Crippen LogP contribution in [0.2, 0.25) is 0 Å². The third-order valence-electron chi connectivity index (χ3n) is 3.69. The van der Waals surface area contributed by atoms with Crippen LogP contribution in [0.1, 0.15) is 12.7 Å². The normalized spacial score (nSPS) is 11.3. The predicted molar refractivity (Wildman–Crippen MR) is 94.0 cm³/mol. The third kappa shape index (κ3) is 3.85. The van der Waals surface area contributed by atoms with Gasteiger partial charge < -0.3 is 0 Å². The van der Waals surface area contributed by atoms with Gasteiger partial charge in [-0.25, -0.2) is 27.2 Å². The summed E-state index contributed by atoms with van der Waals surface area (Å²) >= 11 is 0. The van der Waals surface area contributed by atoms with Crippen LogP contribution in [0.25, 0.3) is 11.1 Å². The lowest BCUT2D eigenvalue weighted by Gasteiger charge is -2.10. The number of anilines is 1. The van der Waals surface area contributed by atoms with Crippen LogP contribution in [0.5, 0.6) is 0 Å². The highest BCUT2D eigenvalue weighted by atomic mass is 32.2. The smallest absolute Gasteiger partial charge is 0.261 e. The molecule has 134 valence electrons. The second-order valence-electron chi connectivity index (χ2n) is 5.50. The van der Waals surface area contributed by atoms with Crippen molar-refractivity contribution < 1.29 is 17.2 Å². The van der Waals surface area contributed by atoms with Gasteiger partial charge in [0.25, 0.3) is 10.0 Å². The highest BCUT2D eigenvalue weighted by Crippen LogP contribution is 2.23. The van der Waals surface area contributed by atoms with E-state index in [1.807, 2.05) is 6.92 Å². The Morgan fingerprint density at radius 3 is 2.23 bits per heavy atom. The van der Waals surface area contributed by atoms with Crippen molar-refractivity contribution in [2.45, 2.75) is 18.2 Å². The highest BCUT2D eigenvalue weighted by molar-refractivity contribution is 7.92. The van der Waals surface area contributed by atoms with Crippen molar-refractivity contribution >= 4 is 15.7 Å². The molecule has 1 N–H and O–H groups in total. The molecular weight excluding hydrogens is 360 g/mol. The van der Waals surface area contributed by atoms with E-state index < -0.39 is 27.3 Å². The van der Waals surface area contributed by atoms with E-state index in [1.165, 1.54) is 12.1 Å². The van der Waals surface area contributed by atoms with Gasteiger partial charge in [-0.3, -0.25) is 4.72 Å². The molecule has 0 saturated carbocycles. The van der Waals surface area contributed by atoms with E-state index in [2.05, 4.69) is 14.7 Å². The van der Waals surface area contributed by atoms with Crippen molar-refractivity contribution in [2.75, 3.05) is 4.72 Å². The Bertz CT molecular complexity index is 1020. The Morgan fingerprint density at radius 2 is 1.62 bits per heavy atom. The van der Waals surface area contributed by atoms with Crippen LogP contribution >= 0.6 is 0 Å². The Kier molecular flexibility index (Phi) is 4.94. The van der Waals surface area contributed by atoms with Crippen molar-refractivity contribution in [1.82, 2.24) is 9.97 Å². The molecule has 0 amide bonds. The van der Waals surface area contributed by atoms with E-state index in [1.54, 1.807) is 24.5 Å². The quantitative estimate of drug-likeness (QED) is 0.737. The first-order valence-electron chi connectivity index (χ1n) is 7.78. The molecule has 0 aliphatic carbocycles. The van der Waals surface area contributed by atoms with Crippen LogP contribution in [0.4, 0.5) is 14.5 Å². The fourth-order valence-electron chi connectivity index (χ4n) is 2.29. The van der Waals surface area contributed by atoms with E-state index in [0.29, 0.717) is 5.82 Å². The van der Waals surface area contributed by atoms with Gasteiger partial charge in [0.1, 0.15) is 17.5 Å². The van der Waals surface area contributed by atoms with Crippen LogP contribution < -0.4 is 4.72 Å². The Hall–Kier alpha value is -2.87. The number of benzene rings is 2. The zero-order valence-electron chi connectivity index (χ0n) is 13.8. The van der Waals surface area contributed by atoms with Crippen molar-refractivity contribution in [1.29, 1.82) is 0 Å². The molecule has 1 aromatic heterocycles. The molecule has 1 heterocycles. The van der Waals surface area contributed by atoms with E-state index >= 15 is 0 Å². The summed E-state index contributed by atoms with van der Waals surface area (Å²) < 4.78 is 53.7. The molecule has 5 nitrogen and oxygen atoms in total. The first-order chi connectivity index (χ1) is 12.4. The summed E-state index contributed by atoms with van der Waals surface area (Å²) in [4.78, 5) is 8.33. The van der Waals surface area contributed by atoms with Crippen LogP contribution in [0.15, 0.2) is 59.8 Å². The summed E-state index contributed by atoms with van der Waals surface area (Å²) in [6.45, 7) is 1.95. The van der Waals surface area contributed by atoms with E-state index in [9.17, 15) is 17.2 Å². The molecule has 0 spiro atoms. The minimum absolute atomic E-state index is 0.0731. The summed E-state index contributed by atoms with van der Waals surface area (Å²) in [5.74, 6) is -0.885. The van der Waals surface area contributed by atoms with E-state index in [-0.39, 0.29) is 4.90 Å². The second-order valence-corrected chi connectivity index (χ2v) is 7.18. The molecule has 8 heteroatoms. The standard InChI is InChI=1S/C18H15F2N3O2S/c1-2-18-21-10-13(11-22-18)12-3-6-15(7-4-12)26(24,25)23-17-9-14(19)5-8-16(17)20/h3-11,23H,2H2,1H3. The van der Waals surface area contributed by atoms with Gasteiger partial charge in [-0.2, -0.15) is 0 Å². The fourth-order valence-corrected chi connectivity index (χ4v) is 3.35. The molecule has 0 atom stereocenters. The fraction of sp³-hybridized carbons (Fsp3) is 0.111. The molecule has 0 aliphatic heterocycles. The summed E-state index contributed by atoms with van der Waals surface area (Å²) in [6, 6.07) is 8.50. The van der Waals surface area contributed by atoms with Crippen molar-refractivity contribution in [2.24, 2.45) is 0 Å². The first-order valence-corrected chi connectivity index (χ1v) is 9.26. The number of aryl methyl sites for hydroxylation is 1. The highest BCUT2D eigenvalue weighted by Gasteiger charge is 2.17. The monoisotopic (exact) mass is 375 g/mol. The second kappa shape index (κ2) is 7.17. The van der Waals surface area contributed by atoms with Gasteiger partial charge in [0.2, 0.25) is 0 Å². The molecule has 0 radical (unpaired) electrons. The van der Waals surface area contributed by atoms with Gasteiger partial charge >= 0.3 is 0 Å². The average molecular weight is 375 g/mol. The van der Waals surface area contributed by atoms with E-state index in [0.717, 1.165) is 35.7 Å². The lowest BCUT2D eigenvalue weighted by atomic mass is 10.1. The Balaban J connectivity index is 1.85. The molecular formula is C18H15F2N3O2S. The molecule has 0 fully saturated rings. The number of sulfonamides is 1. The molecule has 0 unspecified atom stereocenters. The average Bonchev–Trinajstić information content (AvgIpc) is 2.65. The van der Waals surface area contributed by atoms with Gasteiger partial charge in [0, 0.05) is 30.4 Å². The summed E-state index contributed by atoms with van der Waals surface area (Å²) in [5, 5.41) is 0. The van der Waals surface area contributed by atoms with Gasteiger partial charge in [-0.05, 0) is 29.8 Å². The molecule has 3 rings (SSSR count). The molecule has 0 saturated heterocycles. The lowest BCUT2D eigenvalue weighted by Crippen LogP contribution is -2.14. The summed E-state index contributed by atoms with van der Waals surface area (Å²) in [7, 11) is -4.05. The maximum absolute atomic E-state index is 13.7. The maximum Gasteiger partial charge on any atom is 0.261 e. The zero-order chi connectivity index (χ0) is 18.7. The molecule has 3 aromatic rings. The number of rotatable bonds is 5. The first kappa shape index (κ1) is 17.9. The molecule has 0 aliphatic rings.